The van der Waals surface area contributed by atoms with Crippen molar-refractivity contribution in [2.24, 2.45) is 11.8 Å². The molecule has 206 valence electrons. The van der Waals surface area contributed by atoms with Gasteiger partial charge in [-0.25, -0.2) is 0 Å². The summed E-state index contributed by atoms with van der Waals surface area (Å²) < 4.78 is 11.8. The lowest BCUT2D eigenvalue weighted by Gasteiger charge is -2.62. The molecule has 0 radical (unpaired) electrons. The van der Waals surface area contributed by atoms with Gasteiger partial charge in [0, 0.05) is 47.7 Å². The van der Waals surface area contributed by atoms with Gasteiger partial charge in [0.2, 0.25) is 0 Å². The van der Waals surface area contributed by atoms with Gasteiger partial charge in [0.25, 0.3) is 0 Å². The highest BCUT2D eigenvalue weighted by Crippen LogP contribution is 2.61. The third-order valence-electron chi connectivity index (χ3n) is 9.70. The van der Waals surface area contributed by atoms with Crippen LogP contribution in [0.1, 0.15) is 42.5 Å². The predicted molar refractivity (Wildman–Crippen MR) is 166 cm³/mol. The molecule has 6 heteroatoms. The van der Waals surface area contributed by atoms with Gasteiger partial charge in [-0.2, -0.15) is 0 Å². The highest BCUT2D eigenvalue weighted by atomic mass is 32.1. The monoisotopic (exact) mass is 560 g/mol. The number of thiocarbonyl (C=S) groups is 2. The van der Waals surface area contributed by atoms with E-state index < -0.39 is 11.1 Å². The van der Waals surface area contributed by atoms with Gasteiger partial charge >= 0.3 is 0 Å². The molecule has 4 aliphatic rings. The van der Waals surface area contributed by atoms with Crippen molar-refractivity contribution < 1.29 is 9.47 Å². The first-order valence-corrected chi connectivity index (χ1v) is 15.5. The third kappa shape index (κ3) is 4.22. The Morgan fingerprint density at radius 1 is 0.667 bits per heavy atom. The van der Waals surface area contributed by atoms with Crippen molar-refractivity contribution in [2.45, 2.75) is 44.2 Å². The van der Waals surface area contributed by atoms with Gasteiger partial charge in [-0.1, -0.05) is 99.0 Å². The molecule has 0 aromatic heterocycles. The molecule has 1 saturated carbocycles. The summed E-state index contributed by atoms with van der Waals surface area (Å²) >= 11 is 13.4. The zero-order chi connectivity index (χ0) is 27.0. The van der Waals surface area contributed by atoms with E-state index in [1.165, 1.54) is 11.1 Å². The SMILES string of the molecule is CCc1ccc(C(=S)C2(N3CCOCC3)C3C=CC(C3)C2(C(=S)c2ccc(CC)cc2)N2CCOCC2)cc1. The van der Waals surface area contributed by atoms with Gasteiger partial charge < -0.3 is 9.47 Å². The number of fused-ring (bicyclic) bond motifs is 2. The average molecular weight is 561 g/mol. The summed E-state index contributed by atoms with van der Waals surface area (Å²) in [5.41, 5.74) is 4.07. The first kappa shape index (κ1) is 27.4. The molecular weight excluding hydrogens is 521 g/mol. The minimum Gasteiger partial charge on any atom is -0.379 e. The Morgan fingerprint density at radius 2 is 1.03 bits per heavy atom. The molecule has 0 N–H and O–H groups in total. The van der Waals surface area contributed by atoms with Crippen LogP contribution in [0.25, 0.3) is 0 Å². The van der Waals surface area contributed by atoms with Gasteiger partial charge in [0.15, 0.2) is 0 Å². The summed E-state index contributed by atoms with van der Waals surface area (Å²) in [6.07, 6.45) is 8.01. The molecule has 2 aromatic rings. The molecule has 2 aliphatic heterocycles. The molecule has 6 rings (SSSR count). The van der Waals surface area contributed by atoms with E-state index in [0.29, 0.717) is 0 Å². The molecule has 2 heterocycles. The van der Waals surface area contributed by atoms with E-state index in [-0.39, 0.29) is 11.8 Å². The highest BCUT2D eigenvalue weighted by molar-refractivity contribution is 7.81. The summed E-state index contributed by atoms with van der Waals surface area (Å²) in [5.74, 6) is 0.573. The van der Waals surface area contributed by atoms with Gasteiger partial charge in [-0.15, -0.1) is 0 Å². The fourth-order valence-electron chi connectivity index (χ4n) is 7.86. The minimum atomic E-state index is -0.447. The number of rotatable bonds is 8. The van der Waals surface area contributed by atoms with Crippen LogP contribution in [0.3, 0.4) is 0 Å². The van der Waals surface area contributed by atoms with E-state index in [2.05, 4.69) is 84.3 Å². The third-order valence-corrected chi connectivity index (χ3v) is 10.8. The number of benzene rings is 2. The van der Waals surface area contributed by atoms with Crippen LogP contribution < -0.4 is 0 Å². The quantitative estimate of drug-likeness (QED) is 0.247. The summed E-state index contributed by atoms with van der Waals surface area (Å²) in [6, 6.07) is 18.0. The van der Waals surface area contributed by atoms with Crippen molar-refractivity contribution in [3.63, 3.8) is 0 Å². The molecule has 0 amide bonds. The van der Waals surface area contributed by atoms with Gasteiger partial charge in [0.1, 0.15) is 0 Å². The molecular formula is C33H40N2O2S2. The van der Waals surface area contributed by atoms with E-state index in [1.54, 1.807) is 0 Å². The Hall–Kier alpha value is -1.80. The molecule has 0 spiro atoms. The molecule has 2 bridgehead atoms. The van der Waals surface area contributed by atoms with Crippen LogP contribution in [0.5, 0.6) is 0 Å². The lowest BCUT2D eigenvalue weighted by molar-refractivity contribution is -0.0768. The molecule has 4 atom stereocenters. The van der Waals surface area contributed by atoms with Crippen molar-refractivity contribution in [1.82, 2.24) is 9.80 Å². The lowest BCUT2D eigenvalue weighted by atomic mass is 9.61. The minimum absolute atomic E-state index is 0.287. The zero-order valence-corrected chi connectivity index (χ0v) is 24.9. The Balaban J connectivity index is 1.59. The van der Waals surface area contributed by atoms with Crippen LogP contribution >= 0.6 is 24.4 Å². The van der Waals surface area contributed by atoms with Crippen LogP contribution in [0.4, 0.5) is 0 Å². The normalized spacial score (nSPS) is 31.0. The second-order valence-electron chi connectivity index (χ2n) is 11.3. The fourth-order valence-corrected chi connectivity index (χ4v) is 9.01. The van der Waals surface area contributed by atoms with Crippen molar-refractivity contribution in [3.8, 4) is 0 Å². The van der Waals surface area contributed by atoms with Crippen molar-refractivity contribution in [3.05, 3.63) is 82.9 Å². The smallest absolute Gasteiger partial charge is 0.0875 e. The number of hydrogen-bond acceptors (Lipinski definition) is 6. The first-order chi connectivity index (χ1) is 19.1. The van der Waals surface area contributed by atoms with Crippen LogP contribution in [0.2, 0.25) is 0 Å². The van der Waals surface area contributed by atoms with E-state index in [4.69, 9.17) is 33.9 Å². The number of hydrogen-bond donors (Lipinski definition) is 0. The number of aryl methyl sites for hydroxylation is 2. The van der Waals surface area contributed by atoms with Crippen LogP contribution in [0, 0.1) is 11.8 Å². The topological polar surface area (TPSA) is 24.9 Å². The van der Waals surface area contributed by atoms with Crippen molar-refractivity contribution in [2.75, 3.05) is 52.6 Å². The van der Waals surface area contributed by atoms with Crippen LogP contribution in [-0.2, 0) is 22.3 Å². The molecule has 2 aromatic carbocycles. The Labute approximate surface area is 244 Å². The second kappa shape index (κ2) is 11.2. The molecule has 2 aliphatic carbocycles. The molecule has 4 nitrogen and oxygen atoms in total. The maximum atomic E-state index is 6.71. The maximum Gasteiger partial charge on any atom is 0.0875 e. The fraction of sp³-hybridized carbons (Fsp3) is 0.515. The highest BCUT2D eigenvalue weighted by Gasteiger charge is 2.73. The Morgan fingerprint density at radius 3 is 1.36 bits per heavy atom. The standard InChI is InChI=1S/C33H40N2O2S2/c1-3-24-5-9-26(10-6-24)30(38)32(34-15-19-36-20-16-34)28-13-14-29(23-28)33(32,35-17-21-37-22-18-35)31(39)27-11-7-25(4-2)8-12-27/h5-14,28-29H,3-4,15-23H2,1-2H3. The van der Waals surface area contributed by atoms with E-state index in [9.17, 15) is 0 Å². The molecule has 2 saturated heterocycles. The summed E-state index contributed by atoms with van der Waals surface area (Å²) in [7, 11) is 0. The largest absolute Gasteiger partial charge is 0.379 e. The average Bonchev–Trinajstić information content (AvgIpc) is 3.61. The first-order valence-electron chi connectivity index (χ1n) is 14.7. The van der Waals surface area contributed by atoms with Crippen LogP contribution in [0.15, 0.2) is 60.7 Å². The number of morpholine rings is 2. The van der Waals surface area contributed by atoms with Gasteiger partial charge in [-0.05, 0) is 41.5 Å². The summed E-state index contributed by atoms with van der Waals surface area (Å²) in [6.45, 7) is 10.7. The molecule has 4 unspecified atom stereocenters. The van der Waals surface area contributed by atoms with E-state index in [1.807, 2.05) is 0 Å². The van der Waals surface area contributed by atoms with Crippen molar-refractivity contribution >= 4 is 34.2 Å². The second-order valence-corrected chi connectivity index (χ2v) is 12.1. The molecule has 3 fully saturated rings. The predicted octanol–water partition coefficient (Wildman–Crippen LogP) is 5.30. The number of ether oxygens (including phenoxy) is 2. The van der Waals surface area contributed by atoms with Gasteiger partial charge in [-0.3, -0.25) is 9.80 Å². The summed E-state index contributed by atoms with van der Waals surface area (Å²) in [5, 5.41) is 0. The lowest BCUT2D eigenvalue weighted by Crippen LogP contribution is -2.80. The van der Waals surface area contributed by atoms with E-state index >= 15 is 0 Å². The summed E-state index contributed by atoms with van der Waals surface area (Å²) in [4.78, 5) is 7.40. The molecule has 39 heavy (non-hydrogen) atoms. The van der Waals surface area contributed by atoms with Crippen molar-refractivity contribution in [1.29, 1.82) is 0 Å². The Bertz CT molecular complexity index is 1140. The maximum absolute atomic E-state index is 6.71. The van der Waals surface area contributed by atoms with E-state index in [0.717, 1.165) is 92.7 Å². The van der Waals surface area contributed by atoms with Crippen LogP contribution in [-0.4, -0.2) is 83.2 Å². The number of nitrogens with zero attached hydrogens (tertiary/aromatic N) is 2. The van der Waals surface area contributed by atoms with Gasteiger partial charge in [0.05, 0.1) is 37.5 Å². The zero-order valence-electron chi connectivity index (χ0n) is 23.2. The Kier molecular flexibility index (Phi) is 7.88.